The van der Waals surface area contributed by atoms with E-state index in [1.807, 2.05) is 0 Å². The Balaban J connectivity index is 2.68. The third-order valence-electron chi connectivity index (χ3n) is 2.28. The van der Waals surface area contributed by atoms with Crippen molar-refractivity contribution < 1.29 is 30.0 Å². The minimum Gasteiger partial charge on any atom is -0.284 e. The maximum Gasteiger partial charge on any atom is 0.389 e. The smallest absolute Gasteiger partial charge is 0.284 e. The van der Waals surface area contributed by atoms with Crippen molar-refractivity contribution in [2.75, 3.05) is 10.5 Å². The Morgan fingerprint density at radius 1 is 1.05 bits per heavy atom. The summed E-state index contributed by atoms with van der Waals surface area (Å²) in [4.78, 5) is -0.218. The van der Waals surface area contributed by atoms with E-state index in [4.69, 9.17) is 10.7 Å². The van der Waals surface area contributed by atoms with Gasteiger partial charge in [-0.2, -0.15) is 13.2 Å². The van der Waals surface area contributed by atoms with Crippen molar-refractivity contribution in [2.45, 2.75) is 23.9 Å². The van der Waals surface area contributed by atoms with Crippen LogP contribution in [0.2, 0.25) is 0 Å². The number of hydrogen-bond donors (Lipinski definition) is 1. The van der Waals surface area contributed by atoms with E-state index in [0.717, 1.165) is 24.3 Å². The standard InChI is InChI=1S/C10H11ClF3NO4S2/c11-21(18,19)9-4-2-8(3-5-9)15-20(16,17)7-1-6-10(12,13)14/h2-5,15H,1,6-7H2. The molecule has 0 bridgehead atoms. The highest BCUT2D eigenvalue weighted by molar-refractivity contribution is 8.13. The van der Waals surface area contributed by atoms with Crippen LogP contribution in [0.1, 0.15) is 12.8 Å². The molecule has 0 spiro atoms. The van der Waals surface area contributed by atoms with Crippen LogP contribution >= 0.6 is 10.7 Å². The van der Waals surface area contributed by atoms with E-state index in [1.165, 1.54) is 0 Å². The first-order chi connectivity index (χ1) is 9.39. The Hall–Kier alpha value is -1.00. The largest absolute Gasteiger partial charge is 0.389 e. The van der Waals surface area contributed by atoms with Crippen molar-refractivity contribution in [2.24, 2.45) is 0 Å². The average molecular weight is 366 g/mol. The lowest BCUT2D eigenvalue weighted by atomic mass is 10.3. The van der Waals surface area contributed by atoms with Gasteiger partial charge in [0.1, 0.15) is 0 Å². The second-order valence-electron chi connectivity index (χ2n) is 4.10. The minimum atomic E-state index is -4.41. The van der Waals surface area contributed by atoms with Gasteiger partial charge >= 0.3 is 6.18 Å². The van der Waals surface area contributed by atoms with Crippen molar-refractivity contribution in [1.29, 1.82) is 0 Å². The number of nitrogens with one attached hydrogen (secondary N) is 1. The van der Waals surface area contributed by atoms with E-state index in [2.05, 4.69) is 4.72 Å². The van der Waals surface area contributed by atoms with Gasteiger partial charge in [-0.1, -0.05) is 0 Å². The first-order valence-corrected chi connectivity index (χ1v) is 9.47. The molecule has 1 N–H and O–H groups in total. The lowest BCUT2D eigenvalue weighted by Gasteiger charge is -2.09. The van der Waals surface area contributed by atoms with Crippen LogP contribution < -0.4 is 4.72 Å². The number of benzene rings is 1. The molecule has 0 atom stereocenters. The van der Waals surface area contributed by atoms with Gasteiger partial charge in [0, 0.05) is 22.8 Å². The number of hydrogen-bond acceptors (Lipinski definition) is 4. The summed E-state index contributed by atoms with van der Waals surface area (Å²) in [7, 11) is -2.78. The molecule has 21 heavy (non-hydrogen) atoms. The normalized spacial score (nSPS) is 13.1. The monoisotopic (exact) mass is 365 g/mol. The molecule has 11 heteroatoms. The van der Waals surface area contributed by atoms with Crippen molar-refractivity contribution in [3.8, 4) is 0 Å². The number of halogens is 4. The van der Waals surface area contributed by atoms with Crippen LogP contribution in [0, 0.1) is 0 Å². The summed E-state index contributed by atoms with van der Waals surface area (Å²) in [6.45, 7) is 0. The SMILES string of the molecule is O=S(=O)(CCCC(F)(F)F)Nc1ccc(S(=O)(=O)Cl)cc1. The molecule has 0 aromatic heterocycles. The van der Waals surface area contributed by atoms with Gasteiger partial charge in [-0.25, -0.2) is 16.8 Å². The van der Waals surface area contributed by atoms with E-state index in [0.29, 0.717) is 0 Å². The second-order valence-corrected chi connectivity index (χ2v) is 8.51. The fourth-order valence-electron chi connectivity index (χ4n) is 1.38. The molecule has 0 radical (unpaired) electrons. The van der Waals surface area contributed by atoms with Crippen LogP contribution in [0.5, 0.6) is 0 Å². The highest BCUT2D eigenvalue weighted by atomic mass is 35.7. The summed E-state index contributed by atoms with van der Waals surface area (Å²) < 4.78 is 82.9. The molecule has 120 valence electrons. The molecule has 0 saturated heterocycles. The molecule has 0 unspecified atom stereocenters. The van der Waals surface area contributed by atoms with Gasteiger partial charge in [-0.05, 0) is 30.7 Å². The summed E-state index contributed by atoms with van der Waals surface area (Å²) >= 11 is 0. The zero-order chi connectivity index (χ0) is 16.3. The molecule has 0 fully saturated rings. The number of alkyl halides is 3. The van der Waals surface area contributed by atoms with E-state index in [9.17, 15) is 30.0 Å². The van der Waals surface area contributed by atoms with Crippen LogP contribution in [0.4, 0.5) is 18.9 Å². The fraction of sp³-hybridized carbons (Fsp3) is 0.400. The first-order valence-electron chi connectivity index (χ1n) is 5.51. The van der Waals surface area contributed by atoms with E-state index < -0.39 is 43.8 Å². The van der Waals surface area contributed by atoms with Gasteiger partial charge in [-0.15, -0.1) is 0 Å². The Morgan fingerprint density at radius 2 is 1.57 bits per heavy atom. The number of sulfonamides is 1. The zero-order valence-electron chi connectivity index (χ0n) is 10.4. The summed E-state index contributed by atoms with van der Waals surface area (Å²) in [5, 5.41) is 0. The van der Waals surface area contributed by atoms with Gasteiger partial charge in [0.15, 0.2) is 0 Å². The molecular formula is C10H11ClF3NO4S2. The predicted octanol–water partition coefficient (Wildman–Crippen LogP) is 2.70. The highest BCUT2D eigenvalue weighted by Crippen LogP contribution is 2.22. The maximum atomic E-state index is 11.9. The van der Waals surface area contributed by atoms with Gasteiger partial charge in [-0.3, -0.25) is 4.72 Å². The van der Waals surface area contributed by atoms with E-state index >= 15 is 0 Å². The van der Waals surface area contributed by atoms with E-state index in [1.54, 1.807) is 0 Å². The summed E-state index contributed by atoms with van der Waals surface area (Å²) in [6, 6.07) is 4.46. The summed E-state index contributed by atoms with van der Waals surface area (Å²) in [5.74, 6) is -0.692. The fourth-order valence-corrected chi connectivity index (χ4v) is 3.27. The lowest BCUT2D eigenvalue weighted by molar-refractivity contribution is -0.134. The number of anilines is 1. The molecule has 0 aliphatic heterocycles. The maximum absolute atomic E-state index is 11.9. The molecule has 1 rings (SSSR count). The molecular weight excluding hydrogens is 355 g/mol. The average Bonchev–Trinajstić information content (AvgIpc) is 2.25. The van der Waals surface area contributed by atoms with Crippen LogP contribution in [-0.2, 0) is 19.1 Å². The van der Waals surface area contributed by atoms with Crippen LogP contribution in [-0.4, -0.2) is 28.8 Å². The summed E-state index contributed by atoms with van der Waals surface area (Å²) in [6.07, 6.45) is -6.17. The lowest BCUT2D eigenvalue weighted by Crippen LogP contribution is -2.18. The first kappa shape index (κ1) is 18.1. The molecule has 0 aliphatic rings. The summed E-state index contributed by atoms with van der Waals surface area (Å²) in [5.41, 5.74) is 0.0334. The van der Waals surface area contributed by atoms with Crippen molar-refractivity contribution in [3.05, 3.63) is 24.3 Å². The Labute approximate surface area is 124 Å². The third kappa shape index (κ3) is 7.00. The molecule has 1 aromatic carbocycles. The molecule has 0 amide bonds. The minimum absolute atomic E-state index is 0.0334. The molecule has 5 nitrogen and oxygen atoms in total. The van der Waals surface area contributed by atoms with Crippen molar-refractivity contribution in [3.63, 3.8) is 0 Å². The number of rotatable bonds is 6. The quantitative estimate of drug-likeness (QED) is 0.786. The second kappa shape index (κ2) is 6.41. The van der Waals surface area contributed by atoms with Gasteiger partial charge in [0.05, 0.1) is 10.6 Å². The van der Waals surface area contributed by atoms with Crippen LogP contribution in [0.3, 0.4) is 0 Å². The molecule has 1 aromatic rings. The zero-order valence-corrected chi connectivity index (χ0v) is 12.8. The Kier molecular flexibility index (Phi) is 5.51. The van der Waals surface area contributed by atoms with Gasteiger partial charge in [0.2, 0.25) is 10.0 Å². The Morgan fingerprint density at radius 3 is 2.00 bits per heavy atom. The van der Waals surface area contributed by atoms with Crippen LogP contribution in [0.15, 0.2) is 29.2 Å². The highest BCUT2D eigenvalue weighted by Gasteiger charge is 2.27. The molecule has 0 heterocycles. The van der Waals surface area contributed by atoms with Crippen molar-refractivity contribution >= 4 is 35.4 Å². The molecule has 0 aliphatic carbocycles. The topological polar surface area (TPSA) is 80.3 Å². The van der Waals surface area contributed by atoms with E-state index in [-0.39, 0.29) is 10.6 Å². The van der Waals surface area contributed by atoms with Gasteiger partial charge in [0.25, 0.3) is 9.05 Å². The third-order valence-corrected chi connectivity index (χ3v) is 5.03. The van der Waals surface area contributed by atoms with Crippen molar-refractivity contribution in [1.82, 2.24) is 0 Å². The van der Waals surface area contributed by atoms with Crippen LogP contribution in [0.25, 0.3) is 0 Å². The van der Waals surface area contributed by atoms with Gasteiger partial charge < -0.3 is 0 Å². The predicted molar refractivity (Wildman–Crippen MR) is 72.2 cm³/mol. The molecule has 0 saturated carbocycles. The Bertz CT molecular complexity index is 684.